The van der Waals surface area contributed by atoms with Crippen molar-refractivity contribution in [3.8, 4) is 17.2 Å². The number of phenols is 2. The van der Waals surface area contributed by atoms with E-state index in [1.165, 1.54) is 6.92 Å². The summed E-state index contributed by atoms with van der Waals surface area (Å²) < 4.78 is 5.08. The van der Waals surface area contributed by atoms with E-state index in [-0.39, 0.29) is 22.8 Å². The summed E-state index contributed by atoms with van der Waals surface area (Å²) in [5, 5.41) is 20.4. The number of benzene rings is 2. The van der Waals surface area contributed by atoms with Crippen molar-refractivity contribution in [2.75, 3.05) is 0 Å². The molecule has 4 heteroatoms. The zero-order chi connectivity index (χ0) is 13.3. The van der Waals surface area contributed by atoms with Crippen molar-refractivity contribution in [3.05, 3.63) is 42.5 Å². The minimum Gasteiger partial charge on any atom is -0.507 e. The Hall–Kier alpha value is -2.49. The van der Waals surface area contributed by atoms with Crippen LogP contribution >= 0.6 is 0 Å². The van der Waals surface area contributed by atoms with E-state index in [0.717, 1.165) is 6.07 Å². The van der Waals surface area contributed by atoms with Crippen molar-refractivity contribution in [1.29, 1.82) is 0 Å². The van der Waals surface area contributed by atoms with E-state index in [1.54, 1.807) is 24.3 Å². The molecule has 0 radical (unpaired) electrons. The lowest BCUT2D eigenvalue weighted by Gasteiger charge is -2.10. The second kappa shape index (κ2) is 4.41. The number of aromatic hydroxyl groups is 2. The third-order valence-corrected chi connectivity index (χ3v) is 2.50. The van der Waals surface area contributed by atoms with Crippen LogP contribution in [0, 0.1) is 0 Å². The Balaban J connectivity index is 2.63. The normalized spacial score (nSPS) is 10.3. The number of phenolic OH excluding ortho intramolecular Hbond substituents is 2. The van der Waals surface area contributed by atoms with Crippen molar-refractivity contribution in [2.45, 2.75) is 6.92 Å². The Morgan fingerprint density at radius 2 is 1.78 bits per heavy atom. The molecule has 0 heterocycles. The van der Waals surface area contributed by atoms with Gasteiger partial charge in [0.25, 0.3) is 0 Å². The van der Waals surface area contributed by atoms with Crippen LogP contribution in [-0.2, 0) is 4.79 Å². The van der Waals surface area contributed by atoms with Crippen molar-refractivity contribution in [3.63, 3.8) is 0 Å². The smallest absolute Gasteiger partial charge is 0.338 e. The molecule has 4 nitrogen and oxygen atoms in total. The lowest BCUT2D eigenvalue weighted by atomic mass is 10.1. The molecule has 0 aliphatic rings. The first kappa shape index (κ1) is 12.0. The third-order valence-electron chi connectivity index (χ3n) is 2.50. The van der Waals surface area contributed by atoms with E-state index in [2.05, 4.69) is 6.58 Å². The fourth-order valence-corrected chi connectivity index (χ4v) is 1.60. The molecule has 18 heavy (non-hydrogen) atoms. The summed E-state index contributed by atoms with van der Waals surface area (Å²) in [6.07, 6.45) is 0. The maximum Gasteiger partial charge on any atom is 0.338 e. The van der Waals surface area contributed by atoms with Gasteiger partial charge in [-0.05, 0) is 6.92 Å². The number of ether oxygens (including phenoxy) is 1. The summed E-state index contributed by atoms with van der Waals surface area (Å²) >= 11 is 0. The van der Waals surface area contributed by atoms with Crippen LogP contribution in [0.2, 0.25) is 0 Å². The van der Waals surface area contributed by atoms with E-state index < -0.39 is 5.97 Å². The summed E-state index contributed by atoms with van der Waals surface area (Å²) in [4.78, 5) is 11.5. The molecule has 2 aromatic rings. The Labute approximate surface area is 104 Å². The van der Waals surface area contributed by atoms with Crippen LogP contribution in [0.1, 0.15) is 6.92 Å². The van der Waals surface area contributed by atoms with Crippen LogP contribution < -0.4 is 4.74 Å². The molecule has 0 saturated carbocycles. The molecule has 0 fully saturated rings. The molecule has 0 bridgehead atoms. The molecular weight excluding hydrogens is 232 g/mol. The van der Waals surface area contributed by atoms with Gasteiger partial charge in [0.15, 0.2) is 11.5 Å². The van der Waals surface area contributed by atoms with Crippen molar-refractivity contribution >= 4 is 16.7 Å². The van der Waals surface area contributed by atoms with Crippen LogP contribution in [0.3, 0.4) is 0 Å². The molecule has 0 unspecified atom stereocenters. The zero-order valence-electron chi connectivity index (χ0n) is 9.80. The minimum absolute atomic E-state index is 0.0244. The molecule has 2 rings (SSSR count). The van der Waals surface area contributed by atoms with E-state index >= 15 is 0 Å². The minimum atomic E-state index is -0.624. The van der Waals surface area contributed by atoms with Crippen molar-refractivity contribution in [2.24, 2.45) is 0 Å². The highest BCUT2D eigenvalue weighted by Gasteiger charge is 2.15. The zero-order valence-corrected chi connectivity index (χ0v) is 9.80. The number of rotatable bonds is 2. The Morgan fingerprint density at radius 3 is 2.39 bits per heavy atom. The highest BCUT2D eigenvalue weighted by atomic mass is 16.5. The molecule has 0 aromatic heterocycles. The fourth-order valence-electron chi connectivity index (χ4n) is 1.60. The summed E-state index contributed by atoms with van der Waals surface area (Å²) in [5.41, 5.74) is 0.228. The van der Waals surface area contributed by atoms with Crippen LogP contribution in [0.5, 0.6) is 17.2 Å². The number of hydrogen-bond donors (Lipinski definition) is 2. The van der Waals surface area contributed by atoms with E-state index in [0.29, 0.717) is 10.8 Å². The van der Waals surface area contributed by atoms with Gasteiger partial charge in [-0.3, -0.25) is 0 Å². The first-order valence-electron chi connectivity index (χ1n) is 5.32. The predicted molar refractivity (Wildman–Crippen MR) is 67.7 cm³/mol. The highest BCUT2D eigenvalue weighted by molar-refractivity contribution is 5.98. The first-order valence-corrected chi connectivity index (χ1v) is 5.32. The monoisotopic (exact) mass is 244 g/mol. The highest BCUT2D eigenvalue weighted by Crippen LogP contribution is 2.40. The summed E-state index contributed by atoms with van der Waals surface area (Å²) in [7, 11) is 0. The van der Waals surface area contributed by atoms with Crippen molar-refractivity contribution < 1.29 is 19.7 Å². The van der Waals surface area contributed by atoms with Gasteiger partial charge in [-0.15, -0.1) is 0 Å². The van der Waals surface area contributed by atoms with Gasteiger partial charge in [0.05, 0.1) is 0 Å². The van der Waals surface area contributed by atoms with Gasteiger partial charge < -0.3 is 14.9 Å². The molecule has 0 saturated heterocycles. The molecule has 2 aromatic carbocycles. The SMILES string of the molecule is C=C(C)C(=O)Oc1c(O)cc(O)c2ccccc12. The number of hydrogen-bond acceptors (Lipinski definition) is 4. The van der Waals surface area contributed by atoms with Gasteiger partial charge in [0, 0.05) is 22.4 Å². The molecule has 92 valence electrons. The van der Waals surface area contributed by atoms with Crippen LogP contribution in [0.15, 0.2) is 42.5 Å². The van der Waals surface area contributed by atoms with E-state index in [9.17, 15) is 15.0 Å². The average molecular weight is 244 g/mol. The Kier molecular flexibility index (Phi) is 2.93. The number of esters is 1. The maximum absolute atomic E-state index is 11.5. The van der Waals surface area contributed by atoms with Gasteiger partial charge in [0.1, 0.15) is 5.75 Å². The second-order valence-electron chi connectivity index (χ2n) is 3.96. The van der Waals surface area contributed by atoms with Crippen LogP contribution in [0.4, 0.5) is 0 Å². The average Bonchev–Trinajstić information content (AvgIpc) is 2.34. The van der Waals surface area contributed by atoms with Gasteiger partial charge in [-0.2, -0.15) is 0 Å². The topological polar surface area (TPSA) is 66.8 Å². The summed E-state index contributed by atoms with van der Waals surface area (Å²) in [6, 6.07) is 7.92. The summed E-state index contributed by atoms with van der Waals surface area (Å²) in [6.45, 7) is 4.99. The van der Waals surface area contributed by atoms with Gasteiger partial charge >= 0.3 is 5.97 Å². The lowest BCUT2D eigenvalue weighted by molar-refractivity contribution is -0.130. The van der Waals surface area contributed by atoms with Crippen molar-refractivity contribution in [1.82, 2.24) is 0 Å². The van der Waals surface area contributed by atoms with E-state index in [4.69, 9.17) is 4.74 Å². The van der Waals surface area contributed by atoms with Gasteiger partial charge in [0.2, 0.25) is 0 Å². The lowest BCUT2D eigenvalue weighted by Crippen LogP contribution is -2.08. The largest absolute Gasteiger partial charge is 0.507 e. The Bertz CT molecular complexity index is 644. The van der Waals surface area contributed by atoms with Crippen LogP contribution in [-0.4, -0.2) is 16.2 Å². The first-order chi connectivity index (χ1) is 8.50. The van der Waals surface area contributed by atoms with E-state index in [1.807, 2.05) is 0 Å². The Morgan fingerprint density at radius 1 is 1.17 bits per heavy atom. The fraction of sp³-hybridized carbons (Fsp3) is 0.0714. The number of carbonyl (C=O) groups is 1. The quantitative estimate of drug-likeness (QED) is 0.484. The molecular formula is C14H12O4. The van der Waals surface area contributed by atoms with Gasteiger partial charge in [-0.1, -0.05) is 30.8 Å². The number of fused-ring (bicyclic) bond motifs is 1. The predicted octanol–water partition coefficient (Wildman–Crippen LogP) is 2.73. The van der Waals surface area contributed by atoms with Crippen LogP contribution in [0.25, 0.3) is 10.8 Å². The molecule has 0 atom stereocenters. The molecule has 0 amide bonds. The molecule has 0 spiro atoms. The standard InChI is InChI=1S/C14H12O4/c1-8(2)14(17)18-13-10-6-4-3-5-9(10)11(15)7-12(13)16/h3-7,15-16H,1H2,2H3. The maximum atomic E-state index is 11.5. The number of carbonyl (C=O) groups excluding carboxylic acids is 1. The van der Waals surface area contributed by atoms with Gasteiger partial charge in [-0.25, -0.2) is 4.79 Å². The molecule has 2 N–H and O–H groups in total. The third kappa shape index (κ3) is 2.00. The molecule has 0 aliphatic heterocycles. The summed E-state index contributed by atoms with van der Waals surface area (Å²) in [5.74, 6) is -0.962. The molecule has 0 aliphatic carbocycles. The second-order valence-corrected chi connectivity index (χ2v) is 3.96.